The molecule has 0 spiro atoms. The van der Waals surface area contributed by atoms with Crippen LogP contribution in [0.15, 0.2) is 0 Å². The summed E-state index contributed by atoms with van der Waals surface area (Å²) in [5.74, 6) is 0.858. The Kier molecular flexibility index (Phi) is 4.98. The van der Waals surface area contributed by atoms with Crippen LogP contribution in [0.4, 0.5) is 0 Å². The molecule has 1 aliphatic rings. The zero-order valence-electron chi connectivity index (χ0n) is 9.90. The van der Waals surface area contributed by atoms with Gasteiger partial charge in [-0.1, -0.05) is 0 Å². The first-order chi connectivity index (χ1) is 7.48. The lowest BCUT2D eigenvalue weighted by atomic mass is 10.1. The minimum Gasteiger partial charge on any atom is -0.362 e. The molecule has 0 aliphatic carbocycles. The van der Waals surface area contributed by atoms with E-state index in [2.05, 4.69) is 24.1 Å². The van der Waals surface area contributed by atoms with E-state index < -0.39 is 9.84 Å². The lowest BCUT2D eigenvalue weighted by Gasteiger charge is -2.23. The molecule has 1 aliphatic heterocycles. The first-order valence-electron chi connectivity index (χ1n) is 5.71. The van der Waals surface area contributed by atoms with Crippen LogP contribution in [-0.2, 0) is 9.84 Å². The van der Waals surface area contributed by atoms with Gasteiger partial charge in [0.25, 0.3) is 0 Å². The van der Waals surface area contributed by atoms with Gasteiger partial charge in [-0.3, -0.25) is 0 Å². The van der Waals surface area contributed by atoms with E-state index in [1.54, 1.807) is 0 Å². The second-order valence-electron chi connectivity index (χ2n) is 4.13. The molecule has 0 aromatic carbocycles. The van der Waals surface area contributed by atoms with Gasteiger partial charge in [0.05, 0.1) is 11.5 Å². The molecule has 0 bridgehead atoms. The zero-order valence-corrected chi connectivity index (χ0v) is 11.5. The fourth-order valence-electron chi connectivity index (χ4n) is 1.89. The molecule has 16 heavy (non-hydrogen) atoms. The van der Waals surface area contributed by atoms with Crippen LogP contribution >= 0.6 is 12.2 Å². The molecule has 1 heterocycles. The monoisotopic (exact) mass is 264 g/mol. The van der Waals surface area contributed by atoms with Gasteiger partial charge in [-0.2, -0.15) is 0 Å². The van der Waals surface area contributed by atoms with E-state index in [0.717, 1.165) is 24.6 Å². The largest absolute Gasteiger partial charge is 0.362 e. The van der Waals surface area contributed by atoms with E-state index in [1.807, 2.05) is 0 Å². The Morgan fingerprint density at radius 1 is 1.44 bits per heavy atom. The highest BCUT2D eigenvalue weighted by Crippen LogP contribution is 2.17. The van der Waals surface area contributed by atoms with Gasteiger partial charge < -0.3 is 10.2 Å². The van der Waals surface area contributed by atoms with E-state index in [1.165, 1.54) is 0 Å². The van der Waals surface area contributed by atoms with Crippen LogP contribution in [0, 0.1) is 5.92 Å². The number of hydrogen-bond donors (Lipinski definition) is 1. The van der Waals surface area contributed by atoms with Crippen molar-refractivity contribution < 1.29 is 8.42 Å². The van der Waals surface area contributed by atoms with Crippen molar-refractivity contribution in [3.63, 3.8) is 0 Å². The van der Waals surface area contributed by atoms with E-state index in [9.17, 15) is 8.42 Å². The Morgan fingerprint density at radius 3 is 2.50 bits per heavy atom. The van der Waals surface area contributed by atoms with Crippen molar-refractivity contribution in [2.45, 2.75) is 20.3 Å². The first-order valence-corrected chi connectivity index (χ1v) is 7.94. The molecule has 0 radical (unpaired) electrons. The maximum absolute atomic E-state index is 11.3. The predicted octanol–water partition coefficient (Wildman–Crippen LogP) is 0.637. The van der Waals surface area contributed by atoms with E-state index >= 15 is 0 Å². The van der Waals surface area contributed by atoms with Crippen LogP contribution in [0.5, 0.6) is 0 Å². The van der Waals surface area contributed by atoms with Gasteiger partial charge in [-0.25, -0.2) is 8.42 Å². The summed E-state index contributed by atoms with van der Waals surface area (Å²) in [6.07, 6.45) is 0.760. The summed E-state index contributed by atoms with van der Waals surface area (Å²) in [7, 11) is -2.77. The summed E-state index contributed by atoms with van der Waals surface area (Å²) in [4.78, 5) is 2.05. The Morgan fingerprint density at radius 2 is 2.06 bits per heavy atom. The average molecular weight is 264 g/mol. The van der Waals surface area contributed by atoms with Gasteiger partial charge in [0, 0.05) is 19.6 Å². The second kappa shape index (κ2) is 5.82. The van der Waals surface area contributed by atoms with Crippen LogP contribution in [0.2, 0.25) is 0 Å². The highest BCUT2D eigenvalue weighted by Gasteiger charge is 2.27. The summed E-state index contributed by atoms with van der Waals surface area (Å²) in [6, 6.07) is 0. The molecule has 1 N–H and O–H groups in total. The lowest BCUT2D eigenvalue weighted by molar-refractivity contribution is 0.447. The van der Waals surface area contributed by atoms with Crippen molar-refractivity contribution >= 4 is 27.2 Å². The quantitative estimate of drug-likeness (QED) is 0.755. The van der Waals surface area contributed by atoms with Gasteiger partial charge in [-0.05, 0) is 38.4 Å². The predicted molar refractivity (Wildman–Crippen MR) is 70.3 cm³/mol. The Labute approximate surface area is 103 Å². The van der Waals surface area contributed by atoms with Gasteiger partial charge in [0.2, 0.25) is 0 Å². The normalized spacial score (nSPS) is 23.0. The molecule has 6 heteroatoms. The molecule has 0 aromatic heterocycles. The van der Waals surface area contributed by atoms with Crippen LogP contribution < -0.4 is 5.32 Å². The highest BCUT2D eigenvalue weighted by molar-refractivity contribution is 7.91. The average Bonchev–Trinajstić information content (AvgIpc) is 2.57. The topological polar surface area (TPSA) is 49.4 Å². The van der Waals surface area contributed by atoms with E-state index in [-0.39, 0.29) is 5.92 Å². The minimum absolute atomic E-state index is 0.221. The Hall–Kier alpha value is -0.360. The summed E-state index contributed by atoms with van der Waals surface area (Å²) in [6.45, 7) is 6.54. The van der Waals surface area contributed by atoms with E-state index in [0.29, 0.717) is 18.1 Å². The Balaban J connectivity index is 2.33. The molecule has 1 fully saturated rings. The number of nitrogens with one attached hydrogen (secondary N) is 1. The first kappa shape index (κ1) is 13.7. The fraction of sp³-hybridized carbons (Fsp3) is 0.900. The van der Waals surface area contributed by atoms with Crippen molar-refractivity contribution in [2.24, 2.45) is 5.92 Å². The molecule has 0 unspecified atom stereocenters. The van der Waals surface area contributed by atoms with E-state index in [4.69, 9.17) is 12.2 Å². The number of hydrogen-bond acceptors (Lipinski definition) is 3. The van der Waals surface area contributed by atoms with Gasteiger partial charge >= 0.3 is 0 Å². The summed E-state index contributed by atoms with van der Waals surface area (Å²) >= 11 is 5.23. The number of nitrogens with zero attached hydrogens (tertiary/aromatic N) is 1. The van der Waals surface area contributed by atoms with Crippen LogP contribution in [0.25, 0.3) is 0 Å². The van der Waals surface area contributed by atoms with Crippen molar-refractivity contribution in [3.8, 4) is 0 Å². The molecule has 1 saturated heterocycles. The van der Waals surface area contributed by atoms with Crippen molar-refractivity contribution in [1.29, 1.82) is 0 Å². The maximum atomic E-state index is 11.3. The third-order valence-electron chi connectivity index (χ3n) is 2.92. The van der Waals surface area contributed by atoms with Crippen molar-refractivity contribution in [1.82, 2.24) is 10.2 Å². The van der Waals surface area contributed by atoms with Crippen molar-refractivity contribution in [3.05, 3.63) is 0 Å². The van der Waals surface area contributed by atoms with Crippen LogP contribution in [0.3, 0.4) is 0 Å². The summed E-state index contributed by atoms with van der Waals surface area (Å²) in [5.41, 5.74) is 0. The molecular weight excluding hydrogens is 244 g/mol. The third-order valence-corrected chi connectivity index (χ3v) is 5.16. The highest BCUT2D eigenvalue weighted by atomic mass is 32.2. The second-order valence-corrected chi connectivity index (χ2v) is 6.74. The standard InChI is InChI=1S/C10H20N2O2S2/c1-3-12(4-2)10(15)11-7-9-5-6-16(13,14)8-9/h9H,3-8H2,1-2H3,(H,11,15)/t9-/m0/s1. The van der Waals surface area contributed by atoms with Gasteiger partial charge in [0.1, 0.15) is 0 Å². The summed E-state index contributed by atoms with van der Waals surface area (Å²) < 4.78 is 22.5. The number of thiocarbonyl (C=S) groups is 1. The van der Waals surface area contributed by atoms with Gasteiger partial charge in [0.15, 0.2) is 14.9 Å². The molecule has 0 saturated carbocycles. The molecule has 94 valence electrons. The zero-order chi connectivity index (χ0) is 12.2. The van der Waals surface area contributed by atoms with Gasteiger partial charge in [-0.15, -0.1) is 0 Å². The molecule has 0 aromatic rings. The smallest absolute Gasteiger partial charge is 0.168 e. The van der Waals surface area contributed by atoms with Crippen LogP contribution in [0.1, 0.15) is 20.3 Å². The van der Waals surface area contributed by atoms with Crippen molar-refractivity contribution in [2.75, 3.05) is 31.1 Å². The molecule has 1 rings (SSSR count). The van der Waals surface area contributed by atoms with Crippen LogP contribution in [-0.4, -0.2) is 49.6 Å². The lowest BCUT2D eigenvalue weighted by Crippen LogP contribution is -2.41. The molecule has 0 amide bonds. The molecule has 4 nitrogen and oxygen atoms in total. The third kappa shape index (κ3) is 3.90. The maximum Gasteiger partial charge on any atom is 0.168 e. The minimum atomic E-state index is -2.77. The number of rotatable bonds is 4. The molecule has 1 atom stereocenters. The molecular formula is C10H20N2O2S2. The Bertz CT molecular complexity index is 337. The summed E-state index contributed by atoms with van der Waals surface area (Å²) in [5, 5.41) is 3.89. The SMILES string of the molecule is CCN(CC)C(=S)NC[C@@H]1CCS(=O)(=O)C1. The fourth-order valence-corrected chi connectivity index (χ4v) is 4.09. The number of sulfone groups is 1.